The van der Waals surface area contributed by atoms with E-state index in [-0.39, 0.29) is 17.9 Å². The normalized spacial score (nSPS) is 25.2. The predicted octanol–water partition coefficient (Wildman–Crippen LogP) is 1.79. The Bertz CT molecular complexity index is 495. The number of carbonyl (C=O) groups is 2. The van der Waals surface area contributed by atoms with Crippen LogP contribution >= 0.6 is 0 Å². The van der Waals surface area contributed by atoms with E-state index in [1.165, 1.54) is 5.56 Å². The van der Waals surface area contributed by atoms with Crippen molar-refractivity contribution in [1.29, 1.82) is 0 Å². The highest BCUT2D eigenvalue weighted by atomic mass is 16.2. The monoisotopic (exact) mass is 260 g/mol. The number of nitrogens with one attached hydrogen (secondary N) is 1. The predicted molar refractivity (Wildman–Crippen MR) is 73.5 cm³/mol. The Morgan fingerprint density at radius 2 is 1.74 bits per heavy atom. The Kier molecular flexibility index (Phi) is 3.60. The zero-order chi connectivity index (χ0) is 14.2. The largest absolute Gasteiger partial charge is 0.343 e. The molecule has 0 bridgehead atoms. The van der Waals surface area contributed by atoms with Gasteiger partial charge in [-0.1, -0.05) is 29.8 Å². The van der Waals surface area contributed by atoms with Crippen LogP contribution in [-0.4, -0.2) is 28.8 Å². The van der Waals surface area contributed by atoms with Gasteiger partial charge in [-0.2, -0.15) is 0 Å². The number of carbonyl (C=O) groups excluding carboxylic acids is 2. The molecule has 19 heavy (non-hydrogen) atoms. The average Bonchev–Trinajstić information content (AvgIpc) is 2.37. The smallest absolute Gasteiger partial charge is 0.246 e. The second-order valence-electron chi connectivity index (χ2n) is 5.24. The molecule has 1 saturated heterocycles. The molecule has 1 aliphatic heterocycles. The molecule has 1 heterocycles. The van der Waals surface area contributed by atoms with Crippen molar-refractivity contribution in [2.75, 3.05) is 0 Å². The first-order valence-electron chi connectivity index (χ1n) is 6.61. The second-order valence-corrected chi connectivity index (χ2v) is 5.24. The first-order chi connectivity index (χ1) is 8.91. The Hall–Kier alpha value is -1.84. The lowest BCUT2D eigenvalue weighted by Crippen LogP contribution is -2.61. The third-order valence-electron chi connectivity index (χ3n) is 3.76. The lowest BCUT2D eigenvalue weighted by molar-refractivity contribution is -0.150. The van der Waals surface area contributed by atoms with E-state index in [1.807, 2.05) is 38.1 Å². The molecule has 3 atom stereocenters. The van der Waals surface area contributed by atoms with Gasteiger partial charge in [0.25, 0.3) is 0 Å². The molecule has 0 radical (unpaired) electrons. The van der Waals surface area contributed by atoms with Gasteiger partial charge in [0.2, 0.25) is 11.8 Å². The van der Waals surface area contributed by atoms with Crippen LogP contribution in [-0.2, 0) is 9.59 Å². The summed E-state index contributed by atoms with van der Waals surface area (Å²) >= 11 is 0. The fraction of sp³-hybridized carbons (Fsp3) is 0.467. The molecule has 1 aromatic rings. The zero-order valence-corrected chi connectivity index (χ0v) is 11.8. The highest BCUT2D eigenvalue weighted by Gasteiger charge is 2.38. The number of piperazine rings is 1. The Labute approximate surface area is 113 Å². The van der Waals surface area contributed by atoms with Crippen molar-refractivity contribution >= 4 is 11.8 Å². The van der Waals surface area contributed by atoms with Crippen LogP contribution in [0.4, 0.5) is 0 Å². The first kappa shape index (κ1) is 13.6. The number of nitrogens with zero attached hydrogens (tertiary/aromatic N) is 1. The number of amides is 2. The van der Waals surface area contributed by atoms with Gasteiger partial charge in [0.05, 0.1) is 6.04 Å². The molecule has 3 unspecified atom stereocenters. The molecule has 102 valence electrons. The second kappa shape index (κ2) is 5.03. The summed E-state index contributed by atoms with van der Waals surface area (Å²) in [5.41, 5.74) is 2.23. The molecule has 1 aromatic carbocycles. The third-order valence-corrected chi connectivity index (χ3v) is 3.76. The Balaban J connectivity index is 2.30. The van der Waals surface area contributed by atoms with Crippen LogP contribution in [0.15, 0.2) is 24.3 Å². The first-order valence-corrected chi connectivity index (χ1v) is 6.61. The maximum atomic E-state index is 12.3. The fourth-order valence-electron chi connectivity index (χ4n) is 2.47. The minimum atomic E-state index is -0.448. The van der Waals surface area contributed by atoms with Gasteiger partial charge in [0, 0.05) is 0 Å². The Morgan fingerprint density at radius 1 is 1.16 bits per heavy atom. The van der Waals surface area contributed by atoms with Crippen molar-refractivity contribution in [1.82, 2.24) is 10.2 Å². The third kappa shape index (κ3) is 2.48. The average molecular weight is 260 g/mol. The molecule has 0 saturated carbocycles. The van der Waals surface area contributed by atoms with Crippen molar-refractivity contribution in [3.63, 3.8) is 0 Å². The lowest BCUT2D eigenvalue weighted by atomic mass is 10.0. The van der Waals surface area contributed by atoms with E-state index < -0.39 is 12.1 Å². The summed E-state index contributed by atoms with van der Waals surface area (Å²) in [4.78, 5) is 25.8. The van der Waals surface area contributed by atoms with E-state index in [0.29, 0.717) is 0 Å². The zero-order valence-electron chi connectivity index (χ0n) is 11.8. The summed E-state index contributed by atoms with van der Waals surface area (Å²) < 4.78 is 0. The highest BCUT2D eigenvalue weighted by Crippen LogP contribution is 2.25. The summed E-state index contributed by atoms with van der Waals surface area (Å²) in [5, 5.41) is 2.69. The standard InChI is InChI=1S/C15H20N2O2/c1-9-5-7-13(8-6-9)11(3)17-12(4)14(18)16-10(2)15(17)19/h5-8,10-12H,1-4H3,(H,16,18). The van der Waals surface area contributed by atoms with Crippen LogP contribution in [0.1, 0.15) is 37.9 Å². The van der Waals surface area contributed by atoms with Crippen molar-refractivity contribution in [2.24, 2.45) is 0 Å². The van der Waals surface area contributed by atoms with Crippen LogP contribution in [0.3, 0.4) is 0 Å². The molecular formula is C15H20N2O2. The summed E-state index contributed by atoms with van der Waals surface area (Å²) in [5.74, 6) is -0.119. The maximum Gasteiger partial charge on any atom is 0.246 e. The van der Waals surface area contributed by atoms with Crippen LogP contribution in [0.5, 0.6) is 0 Å². The van der Waals surface area contributed by atoms with Crippen molar-refractivity contribution in [3.05, 3.63) is 35.4 Å². The number of hydrogen-bond acceptors (Lipinski definition) is 2. The summed E-state index contributed by atoms with van der Waals surface area (Å²) in [6.07, 6.45) is 0. The van der Waals surface area contributed by atoms with Gasteiger partial charge < -0.3 is 10.2 Å². The molecule has 1 aliphatic rings. The van der Waals surface area contributed by atoms with Crippen LogP contribution in [0.2, 0.25) is 0 Å². The van der Waals surface area contributed by atoms with Crippen LogP contribution in [0, 0.1) is 6.92 Å². The van der Waals surface area contributed by atoms with Crippen molar-refractivity contribution in [3.8, 4) is 0 Å². The molecular weight excluding hydrogens is 240 g/mol. The van der Waals surface area contributed by atoms with Gasteiger partial charge in [-0.05, 0) is 33.3 Å². The summed E-state index contributed by atoms with van der Waals surface area (Å²) in [6, 6.07) is 7.09. The van der Waals surface area contributed by atoms with Gasteiger partial charge in [0.1, 0.15) is 12.1 Å². The number of hydrogen-bond donors (Lipinski definition) is 1. The van der Waals surface area contributed by atoms with Gasteiger partial charge in [-0.15, -0.1) is 0 Å². The quantitative estimate of drug-likeness (QED) is 0.881. The van der Waals surface area contributed by atoms with Crippen LogP contribution in [0.25, 0.3) is 0 Å². The lowest BCUT2D eigenvalue weighted by Gasteiger charge is -2.40. The number of rotatable bonds is 2. The van der Waals surface area contributed by atoms with E-state index in [4.69, 9.17) is 0 Å². The van der Waals surface area contributed by atoms with Crippen LogP contribution < -0.4 is 5.32 Å². The van der Waals surface area contributed by atoms with Crippen molar-refractivity contribution < 1.29 is 9.59 Å². The van der Waals surface area contributed by atoms with E-state index in [1.54, 1.807) is 18.7 Å². The molecule has 0 spiro atoms. The van der Waals surface area contributed by atoms with E-state index in [0.717, 1.165) is 5.56 Å². The highest BCUT2D eigenvalue weighted by molar-refractivity contribution is 5.96. The topological polar surface area (TPSA) is 49.4 Å². The number of benzene rings is 1. The van der Waals surface area contributed by atoms with Gasteiger partial charge in [0.15, 0.2) is 0 Å². The molecule has 1 fully saturated rings. The molecule has 0 aromatic heterocycles. The van der Waals surface area contributed by atoms with Gasteiger partial charge >= 0.3 is 0 Å². The molecule has 2 amide bonds. The summed E-state index contributed by atoms with van der Waals surface area (Å²) in [6.45, 7) is 7.48. The maximum absolute atomic E-state index is 12.3. The Morgan fingerprint density at radius 3 is 2.32 bits per heavy atom. The molecule has 0 aliphatic carbocycles. The molecule has 2 rings (SSSR count). The SMILES string of the molecule is Cc1ccc(C(C)N2C(=O)C(C)NC(=O)C2C)cc1. The van der Waals surface area contributed by atoms with Gasteiger partial charge in [-0.3, -0.25) is 9.59 Å². The molecule has 4 heteroatoms. The molecule has 4 nitrogen and oxygen atoms in total. The minimum Gasteiger partial charge on any atom is -0.343 e. The van der Waals surface area contributed by atoms with Gasteiger partial charge in [-0.25, -0.2) is 0 Å². The minimum absolute atomic E-state index is 0.0276. The van der Waals surface area contributed by atoms with E-state index in [2.05, 4.69) is 5.32 Å². The van der Waals surface area contributed by atoms with E-state index in [9.17, 15) is 9.59 Å². The fourth-order valence-corrected chi connectivity index (χ4v) is 2.47. The summed E-state index contributed by atoms with van der Waals surface area (Å²) in [7, 11) is 0. The van der Waals surface area contributed by atoms with E-state index >= 15 is 0 Å². The molecule has 1 N–H and O–H groups in total. The van der Waals surface area contributed by atoms with Crippen molar-refractivity contribution in [2.45, 2.75) is 45.8 Å². The number of aryl methyl sites for hydroxylation is 1.